The van der Waals surface area contributed by atoms with Gasteiger partial charge in [-0.15, -0.1) is 0 Å². The number of hydrogen-bond donors (Lipinski definition) is 0. The molecule has 0 heterocycles. The van der Waals surface area contributed by atoms with Crippen molar-refractivity contribution >= 4 is 11.7 Å². The van der Waals surface area contributed by atoms with Crippen LogP contribution in [0.3, 0.4) is 0 Å². The number of aliphatic imine (C=N–C) groups is 1. The standard InChI is InChI=1S/C14H15NO/c1-11(2)12-5-3-6-13(9-12)14(15-10-16)7-4-8-14/h3,5-6,9H,1,4,7-8H2,2H3. The van der Waals surface area contributed by atoms with Crippen LogP contribution in [0.5, 0.6) is 0 Å². The van der Waals surface area contributed by atoms with E-state index in [1.54, 1.807) is 6.08 Å². The monoisotopic (exact) mass is 213 g/mol. The Hall–Kier alpha value is -1.66. The Bertz CT molecular complexity index is 465. The lowest BCUT2D eigenvalue weighted by Crippen LogP contribution is -2.31. The zero-order valence-electron chi connectivity index (χ0n) is 9.49. The summed E-state index contributed by atoms with van der Waals surface area (Å²) in [5, 5.41) is 0. The van der Waals surface area contributed by atoms with Gasteiger partial charge in [0.25, 0.3) is 0 Å². The van der Waals surface area contributed by atoms with Gasteiger partial charge in [-0.1, -0.05) is 30.4 Å². The highest BCUT2D eigenvalue weighted by molar-refractivity contribution is 5.62. The molecule has 2 nitrogen and oxygen atoms in total. The van der Waals surface area contributed by atoms with Crippen LogP contribution < -0.4 is 0 Å². The summed E-state index contributed by atoms with van der Waals surface area (Å²) in [6.07, 6.45) is 4.73. The molecule has 0 atom stereocenters. The Morgan fingerprint density at radius 2 is 2.25 bits per heavy atom. The van der Waals surface area contributed by atoms with Crippen LogP contribution in [0.1, 0.15) is 37.3 Å². The van der Waals surface area contributed by atoms with Crippen LogP contribution >= 0.6 is 0 Å². The van der Waals surface area contributed by atoms with Gasteiger partial charge in [0.15, 0.2) is 0 Å². The second kappa shape index (κ2) is 4.07. The van der Waals surface area contributed by atoms with E-state index >= 15 is 0 Å². The minimum Gasteiger partial charge on any atom is -0.211 e. The maximum Gasteiger partial charge on any atom is 0.235 e. The molecule has 1 aliphatic carbocycles. The molecule has 1 aromatic rings. The Labute approximate surface area is 95.7 Å². The molecule has 1 aromatic carbocycles. The fraction of sp³-hybridized carbons (Fsp3) is 0.357. The zero-order chi connectivity index (χ0) is 11.6. The third-order valence-electron chi connectivity index (χ3n) is 3.33. The lowest BCUT2D eigenvalue weighted by atomic mass is 9.72. The molecule has 0 N–H and O–H groups in total. The highest BCUT2D eigenvalue weighted by atomic mass is 16.1. The second-order valence-corrected chi connectivity index (χ2v) is 4.45. The average molecular weight is 213 g/mol. The molecule has 2 heteroatoms. The van der Waals surface area contributed by atoms with Gasteiger partial charge in [-0.3, -0.25) is 0 Å². The molecule has 1 aliphatic rings. The number of rotatable bonds is 3. The van der Waals surface area contributed by atoms with Crippen LogP contribution in [0.25, 0.3) is 5.57 Å². The Morgan fingerprint density at radius 1 is 1.50 bits per heavy atom. The SMILES string of the molecule is C=C(C)c1cccc(C2(N=C=O)CCC2)c1. The number of isocyanates is 1. The number of nitrogens with zero attached hydrogens (tertiary/aromatic N) is 1. The predicted molar refractivity (Wildman–Crippen MR) is 64.8 cm³/mol. The van der Waals surface area contributed by atoms with Gasteiger partial charge < -0.3 is 0 Å². The molecule has 1 saturated carbocycles. The summed E-state index contributed by atoms with van der Waals surface area (Å²) >= 11 is 0. The second-order valence-electron chi connectivity index (χ2n) is 4.45. The van der Waals surface area contributed by atoms with Crippen LogP contribution in [-0.4, -0.2) is 6.08 Å². The molecule has 0 bridgehead atoms. The Morgan fingerprint density at radius 3 is 2.75 bits per heavy atom. The van der Waals surface area contributed by atoms with Crippen molar-refractivity contribution in [3.8, 4) is 0 Å². The molecule has 0 amide bonds. The van der Waals surface area contributed by atoms with Gasteiger partial charge in [-0.25, -0.2) is 4.79 Å². The number of hydrogen-bond acceptors (Lipinski definition) is 2. The van der Waals surface area contributed by atoms with Crippen molar-refractivity contribution in [2.45, 2.75) is 31.7 Å². The highest BCUT2D eigenvalue weighted by Gasteiger charge is 2.38. The van der Waals surface area contributed by atoms with E-state index in [2.05, 4.69) is 17.6 Å². The summed E-state index contributed by atoms with van der Waals surface area (Å²) in [4.78, 5) is 14.5. The van der Waals surface area contributed by atoms with Crippen LogP contribution in [0.4, 0.5) is 0 Å². The molecule has 0 aliphatic heterocycles. The summed E-state index contributed by atoms with van der Waals surface area (Å²) in [7, 11) is 0. The quantitative estimate of drug-likeness (QED) is 0.558. The molecule has 16 heavy (non-hydrogen) atoms. The van der Waals surface area contributed by atoms with Crippen LogP contribution in [0.15, 0.2) is 35.8 Å². The molecule has 2 rings (SSSR count). The molecule has 0 radical (unpaired) electrons. The molecular formula is C14H15NO. The van der Waals surface area contributed by atoms with Crippen molar-refractivity contribution in [3.63, 3.8) is 0 Å². The van der Waals surface area contributed by atoms with Crippen molar-refractivity contribution in [2.75, 3.05) is 0 Å². The number of benzene rings is 1. The summed E-state index contributed by atoms with van der Waals surface area (Å²) < 4.78 is 0. The lowest BCUT2D eigenvalue weighted by molar-refractivity contribution is 0.256. The smallest absolute Gasteiger partial charge is 0.211 e. The molecular weight excluding hydrogens is 198 g/mol. The topological polar surface area (TPSA) is 29.4 Å². The van der Waals surface area contributed by atoms with Crippen molar-refractivity contribution < 1.29 is 4.79 Å². The first-order chi connectivity index (χ1) is 7.68. The van der Waals surface area contributed by atoms with Gasteiger partial charge in [0.05, 0.1) is 5.54 Å². The highest BCUT2D eigenvalue weighted by Crippen LogP contribution is 2.45. The maximum atomic E-state index is 10.5. The van der Waals surface area contributed by atoms with Gasteiger partial charge in [0, 0.05) is 0 Å². The van der Waals surface area contributed by atoms with Gasteiger partial charge in [0.1, 0.15) is 0 Å². The van der Waals surface area contributed by atoms with E-state index in [9.17, 15) is 4.79 Å². The third kappa shape index (κ3) is 1.72. The van der Waals surface area contributed by atoms with E-state index in [-0.39, 0.29) is 5.54 Å². The van der Waals surface area contributed by atoms with E-state index in [4.69, 9.17) is 0 Å². The van der Waals surface area contributed by atoms with Gasteiger partial charge in [-0.2, -0.15) is 4.99 Å². The van der Waals surface area contributed by atoms with Crippen molar-refractivity contribution in [1.29, 1.82) is 0 Å². The minimum absolute atomic E-state index is 0.298. The van der Waals surface area contributed by atoms with Crippen LogP contribution in [-0.2, 0) is 10.3 Å². The van der Waals surface area contributed by atoms with E-state index in [0.717, 1.165) is 36.0 Å². The Kier molecular flexibility index (Phi) is 2.76. The third-order valence-corrected chi connectivity index (χ3v) is 3.33. The summed E-state index contributed by atoms with van der Waals surface area (Å²) in [5.74, 6) is 0. The van der Waals surface area contributed by atoms with Crippen LogP contribution in [0.2, 0.25) is 0 Å². The number of allylic oxidation sites excluding steroid dienone is 1. The zero-order valence-corrected chi connectivity index (χ0v) is 9.49. The summed E-state index contributed by atoms with van der Waals surface area (Å²) in [6, 6.07) is 8.15. The molecule has 0 spiro atoms. The first-order valence-electron chi connectivity index (χ1n) is 5.53. The molecule has 0 aromatic heterocycles. The van der Waals surface area contributed by atoms with E-state index < -0.39 is 0 Å². The Balaban J connectivity index is 2.43. The van der Waals surface area contributed by atoms with Gasteiger partial charge >= 0.3 is 0 Å². The molecule has 0 saturated heterocycles. The predicted octanol–water partition coefficient (Wildman–Crippen LogP) is 3.43. The van der Waals surface area contributed by atoms with E-state index in [1.165, 1.54) is 0 Å². The minimum atomic E-state index is -0.298. The normalized spacial score (nSPS) is 17.1. The van der Waals surface area contributed by atoms with E-state index in [1.807, 2.05) is 25.1 Å². The van der Waals surface area contributed by atoms with E-state index in [0.29, 0.717) is 0 Å². The van der Waals surface area contributed by atoms with Crippen molar-refractivity contribution in [2.24, 2.45) is 4.99 Å². The number of carbonyl (C=O) groups excluding carboxylic acids is 1. The molecule has 1 fully saturated rings. The average Bonchev–Trinajstić information content (AvgIpc) is 2.23. The van der Waals surface area contributed by atoms with Crippen molar-refractivity contribution in [1.82, 2.24) is 0 Å². The maximum absolute atomic E-state index is 10.5. The first-order valence-corrected chi connectivity index (χ1v) is 5.53. The summed E-state index contributed by atoms with van der Waals surface area (Å²) in [5.41, 5.74) is 2.96. The molecule has 82 valence electrons. The van der Waals surface area contributed by atoms with Crippen molar-refractivity contribution in [3.05, 3.63) is 42.0 Å². The van der Waals surface area contributed by atoms with Gasteiger partial charge in [0.2, 0.25) is 6.08 Å². The first kappa shape index (κ1) is 10.8. The fourth-order valence-electron chi connectivity index (χ4n) is 2.14. The fourth-order valence-corrected chi connectivity index (χ4v) is 2.14. The lowest BCUT2D eigenvalue weighted by Gasteiger charge is -2.37. The molecule has 0 unspecified atom stereocenters. The summed E-state index contributed by atoms with van der Waals surface area (Å²) in [6.45, 7) is 5.91. The van der Waals surface area contributed by atoms with Gasteiger partial charge in [-0.05, 0) is 43.4 Å². The largest absolute Gasteiger partial charge is 0.235 e. The van der Waals surface area contributed by atoms with Crippen LogP contribution in [0, 0.1) is 0 Å².